The quantitative estimate of drug-likeness (QED) is 0.413. The third-order valence-electron chi connectivity index (χ3n) is 5.04. The maximum absolute atomic E-state index is 14.3. The zero-order valence-corrected chi connectivity index (χ0v) is 17.1. The number of hydrogen-bond acceptors (Lipinski definition) is 3. The van der Waals surface area contributed by atoms with Crippen LogP contribution in [0.25, 0.3) is 10.9 Å². The Hall–Kier alpha value is -3.29. The molecule has 0 aliphatic heterocycles. The van der Waals surface area contributed by atoms with E-state index in [1.54, 1.807) is 36.7 Å². The molecular weight excluding hydrogens is 422 g/mol. The number of nitrogens with two attached hydrogens (primary N) is 1. The zero-order valence-electron chi connectivity index (χ0n) is 16.4. The fourth-order valence-electron chi connectivity index (χ4n) is 3.36. The van der Waals surface area contributed by atoms with Gasteiger partial charge in [0.15, 0.2) is 0 Å². The molecule has 0 spiro atoms. The molecule has 4 N–H and O–H groups in total. The Morgan fingerprint density at radius 1 is 1.06 bits per heavy atom. The van der Waals surface area contributed by atoms with Gasteiger partial charge in [0.1, 0.15) is 11.6 Å². The smallest absolute Gasteiger partial charge is 0.253 e. The van der Waals surface area contributed by atoms with E-state index >= 15 is 0 Å². The van der Waals surface area contributed by atoms with Crippen molar-refractivity contribution < 1.29 is 13.6 Å². The lowest BCUT2D eigenvalue weighted by Gasteiger charge is -2.09. The molecule has 31 heavy (non-hydrogen) atoms. The van der Waals surface area contributed by atoms with Crippen LogP contribution in [0.3, 0.4) is 0 Å². The summed E-state index contributed by atoms with van der Waals surface area (Å²) in [6.07, 6.45) is 4.85. The average molecular weight is 441 g/mol. The third kappa shape index (κ3) is 4.57. The molecule has 158 valence electrons. The van der Waals surface area contributed by atoms with Crippen LogP contribution in [-0.2, 0) is 19.5 Å². The highest BCUT2D eigenvalue weighted by atomic mass is 35.5. The first-order valence-corrected chi connectivity index (χ1v) is 9.97. The highest BCUT2D eigenvalue weighted by Crippen LogP contribution is 2.25. The monoisotopic (exact) mass is 440 g/mol. The van der Waals surface area contributed by atoms with Crippen molar-refractivity contribution in [3.05, 3.63) is 99.5 Å². The van der Waals surface area contributed by atoms with Gasteiger partial charge in [0.2, 0.25) is 0 Å². The number of hydrogen-bond donors (Lipinski definition) is 3. The maximum Gasteiger partial charge on any atom is 0.253 e. The van der Waals surface area contributed by atoms with E-state index in [9.17, 15) is 13.6 Å². The minimum atomic E-state index is -0.449. The van der Waals surface area contributed by atoms with Gasteiger partial charge in [-0.3, -0.25) is 9.78 Å². The van der Waals surface area contributed by atoms with Gasteiger partial charge < -0.3 is 16.0 Å². The zero-order chi connectivity index (χ0) is 22.0. The lowest BCUT2D eigenvalue weighted by atomic mass is 10.0. The molecule has 0 fully saturated rings. The summed E-state index contributed by atoms with van der Waals surface area (Å²) in [7, 11) is 0. The summed E-state index contributed by atoms with van der Waals surface area (Å²) >= 11 is 6.09. The van der Waals surface area contributed by atoms with Crippen molar-refractivity contribution in [2.75, 3.05) is 0 Å². The number of carbonyl (C=O) groups excluding carboxylic acids is 1. The number of halogens is 3. The van der Waals surface area contributed by atoms with E-state index in [2.05, 4.69) is 15.3 Å². The van der Waals surface area contributed by atoms with E-state index in [-0.39, 0.29) is 25.3 Å². The number of nitrogens with one attached hydrogen (secondary N) is 2. The molecule has 0 aliphatic rings. The Bertz CT molecular complexity index is 1270. The predicted molar refractivity (Wildman–Crippen MR) is 116 cm³/mol. The second kappa shape index (κ2) is 8.83. The predicted octanol–water partition coefficient (Wildman–Crippen LogP) is 4.47. The number of pyridine rings is 1. The van der Waals surface area contributed by atoms with Crippen LogP contribution in [0.15, 0.2) is 55.0 Å². The van der Waals surface area contributed by atoms with E-state index in [0.29, 0.717) is 43.7 Å². The highest BCUT2D eigenvalue weighted by molar-refractivity contribution is 6.35. The molecular formula is C23H19ClF2N4O. The van der Waals surface area contributed by atoms with Crippen molar-refractivity contribution >= 4 is 28.4 Å². The molecule has 0 saturated carbocycles. The Labute approximate surface area is 182 Å². The molecule has 0 bridgehead atoms. The molecule has 4 aromatic rings. The summed E-state index contributed by atoms with van der Waals surface area (Å²) in [5.74, 6) is -1.21. The van der Waals surface area contributed by atoms with E-state index in [1.807, 2.05) is 0 Å². The molecule has 0 radical (unpaired) electrons. The maximum atomic E-state index is 14.3. The van der Waals surface area contributed by atoms with Gasteiger partial charge in [-0.15, -0.1) is 0 Å². The van der Waals surface area contributed by atoms with Gasteiger partial charge in [0.25, 0.3) is 5.91 Å². The molecule has 0 saturated heterocycles. The first kappa shape index (κ1) is 21.0. The first-order chi connectivity index (χ1) is 14.9. The number of rotatable bonds is 6. The average Bonchev–Trinajstić information content (AvgIpc) is 3.12. The minimum absolute atomic E-state index is 0.0124. The van der Waals surface area contributed by atoms with Crippen LogP contribution in [0.4, 0.5) is 8.78 Å². The normalized spacial score (nSPS) is 11.1. The summed E-state index contributed by atoms with van der Waals surface area (Å²) in [4.78, 5) is 19.5. The Balaban J connectivity index is 1.47. The van der Waals surface area contributed by atoms with Crippen LogP contribution >= 0.6 is 11.6 Å². The number of fused-ring (bicyclic) bond motifs is 1. The van der Waals surface area contributed by atoms with Gasteiger partial charge in [-0.25, -0.2) is 8.78 Å². The standard InChI is InChI=1S/C23H19ClF2N4O/c24-19-12-29-22-7-21(26)16(6-18(19)22)11-30-23(31)17-4-14(9-28-10-17)3-15-2-1-13(8-27)5-20(15)25/h1-2,4-7,9-10,12,29H,3,8,11,27H2,(H,30,31). The molecule has 0 unspecified atom stereocenters. The number of aromatic amines is 1. The Kier molecular flexibility index (Phi) is 5.97. The molecule has 2 heterocycles. The molecule has 2 aromatic heterocycles. The van der Waals surface area contributed by atoms with Crippen molar-refractivity contribution in [3.63, 3.8) is 0 Å². The molecule has 1 amide bonds. The first-order valence-electron chi connectivity index (χ1n) is 9.59. The molecule has 4 rings (SSSR count). The fraction of sp³-hybridized carbons (Fsp3) is 0.130. The van der Waals surface area contributed by atoms with Gasteiger partial charge in [-0.05, 0) is 41.0 Å². The van der Waals surface area contributed by atoms with Crippen LogP contribution in [0.2, 0.25) is 5.02 Å². The lowest BCUT2D eigenvalue weighted by Crippen LogP contribution is -2.23. The third-order valence-corrected chi connectivity index (χ3v) is 5.36. The largest absolute Gasteiger partial charge is 0.360 e. The second-order valence-corrected chi connectivity index (χ2v) is 7.60. The summed E-state index contributed by atoms with van der Waals surface area (Å²) in [5.41, 5.74) is 8.60. The fourth-order valence-corrected chi connectivity index (χ4v) is 3.57. The van der Waals surface area contributed by atoms with Gasteiger partial charge >= 0.3 is 0 Å². The summed E-state index contributed by atoms with van der Waals surface area (Å²) in [6.45, 7) is 0.250. The van der Waals surface area contributed by atoms with Gasteiger partial charge in [-0.1, -0.05) is 23.7 Å². The Morgan fingerprint density at radius 2 is 1.87 bits per heavy atom. The summed E-state index contributed by atoms with van der Waals surface area (Å²) in [5, 5.41) is 3.85. The van der Waals surface area contributed by atoms with Crippen molar-refractivity contribution in [2.45, 2.75) is 19.5 Å². The molecule has 5 nitrogen and oxygen atoms in total. The number of nitrogens with zero attached hydrogens (tertiary/aromatic N) is 1. The molecule has 0 atom stereocenters. The highest BCUT2D eigenvalue weighted by Gasteiger charge is 2.12. The van der Waals surface area contributed by atoms with Gasteiger partial charge in [0.05, 0.1) is 10.6 Å². The summed E-state index contributed by atoms with van der Waals surface area (Å²) in [6, 6.07) is 9.43. The van der Waals surface area contributed by atoms with Crippen molar-refractivity contribution in [1.82, 2.24) is 15.3 Å². The SMILES string of the molecule is NCc1ccc(Cc2cncc(C(=O)NCc3cc4c(Cl)c[nH]c4cc3F)c2)c(F)c1. The number of H-pyrrole nitrogens is 1. The van der Waals surface area contributed by atoms with Crippen LogP contribution in [0.1, 0.15) is 32.6 Å². The number of carbonyl (C=O) groups is 1. The van der Waals surface area contributed by atoms with E-state index in [4.69, 9.17) is 17.3 Å². The molecule has 0 aliphatic carbocycles. The lowest BCUT2D eigenvalue weighted by molar-refractivity contribution is 0.0950. The van der Waals surface area contributed by atoms with Crippen LogP contribution in [0.5, 0.6) is 0 Å². The van der Waals surface area contributed by atoms with Crippen molar-refractivity contribution in [3.8, 4) is 0 Å². The van der Waals surface area contributed by atoms with Gasteiger partial charge in [0, 0.05) is 54.6 Å². The number of aromatic nitrogens is 2. The summed E-state index contributed by atoms with van der Waals surface area (Å²) < 4.78 is 28.6. The topological polar surface area (TPSA) is 83.8 Å². The van der Waals surface area contributed by atoms with E-state index in [0.717, 1.165) is 0 Å². The molecule has 2 aromatic carbocycles. The minimum Gasteiger partial charge on any atom is -0.360 e. The van der Waals surface area contributed by atoms with Crippen LogP contribution < -0.4 is 11.1 Å². The van der Waals surface area contributed by atoms with Crippen molar-refractivity contribution in [1.29, 1.82) is 0 Å². The molecule has 8 heteroatoms. The van der Waals surface area contributed by atoms with Crippen molar-refractivity contribution in [2.24, 2.45) is 5.73 Å². The van der Waals surface area contributed by atoms with Crippen LogP contribution in [-0.4, -0.2) is 15.9 Å². The van der Waals surface area contributed by atoms with Crippen LogP contribution in [0, 0.1) is 11.6 Å². The Morgan fingerprint density at radius 3 is 2.65 bits per heavy atom. The second-order valence-electron chi connectivity index (χ2n) is 7.20. The number of amides is 1. The number of benzene rings is 2. The van der Waals surface area contributed by atoms with Gasteiger partial charge in [-0.2, -0.15) is 0 Å². The van der Waals surface area contributed by atoms with E-state index in [1.165, 1.54) is 18.3 Å². The van der Waals surface area contributed by atoms with E-state index < -0.39 is 11.7 Å².